The molecule has 0 atom stereocenters. The van der Waals surface area contributed by atoms with Gasteiger partial charge in [-0.3, -0.25) is 4.79 Å². The van der Waals surface area contributed by atoms with Gasteiger partial charge in [-0.1, -0.05) is 19.1 Å². The second kappa shape index (κ2) is 6.18. The standard InChI is InChI=1S/C16H19NO2S/c1-5-13-16(12(4)18)20-15(17-13)9-19-14-8-6-7-10(2)11(14)3/h6-8H,5,9H2,1-4H3. The topological polar surface area (TPSA) is 39.2 Å². The summed E-state index contributed by atoms with van der Waals surface area (Å²) >= 11 is 1.44. The largest absolute Gasteiger partial charge is 0.486 e. The van der Waals surface area contributed by atoms with Crippen LogP contribution in [0.3, 0.4) is 0 Å². The first-order chi connectivity index (χ1) is 9.52. The zero-order chi connectivity index (χ0) is 14.7. The van der Waals surface area contributed by atoms with Gasteiger partial charge < -0.3 is 4.74 Å². The molecule has 0 amide bonds. The molecule has 0 saturated heterocycles. The Balaban J connectivity index is 2.15. The number of hydrogen-bond acceptors (Lipinski definition) is 4. The summed E-state index contributed by atoms with van der Waals surface area (Å²) in [5, 5.41) is 0.855. The van der Waals surface area contributed by atoms with Crippen LogP contribution >= 0.6 is 11.3 Å². The number of nitrogens with zero attached hydrogens (tertiary/aromatic N) is 1. The fourth-order valence-electron chi connectivity index (χ4n) is 2.00. The van der Waals surface area contributed by atoms with Crippen molar-refractivity contribution in [1.82, 2.24) is 4.98 Å². The van der Waals surface area contributed by atoms with E-state index in [1.807, 2.05) is 26.0 Å². The van der Waals surface area contributed by atoms with E-state index in [-0.39, 0.29) is 5.78 Å². The Bertz CT molecular complexity index is 631. The van der Waals surface area contributed by atoms with Crippen LogP contribution in [-0.2, 0) is 13.0 Å². The highest BCUT2D eigenvalue weighted by molar-refractivity contribution is 7.13. The summed E-state index contributed by atoms with van der Waals surface area (Å²) in [6, 6.07) is 6.01. The number of thiazole rings is 1. The third kappa shape index (κ3) is 3.07. The average Bonchev–Trinajstić information content (AvgIpc) is 2.84. The van der Waals surface area contributed by atoms with Crippen LogP contribution in [0.4, 0.5) is 0 Å². The highest BCUT2D eigenvalue weighted by Gasteiger charge is 2.14. The lowest BCUT2D eigenvalue weighted by atomic mass is 10.1. The molecule has 1 heterocycles. The zero-order valence-electron chi connectivity index (χ0n) is 12.3. The number of hydrogen-bond donors (Lipinski definition) is 0. The van der Waals surface area contributed by atoms with Gasteiger partial charge in [0, 0.05) is 6.92 Å². The molecule has 0 bridgehead atoms. The van der Waals surface area contributed by atoms with E-state index in [1.54, 1.807) is 6.92 Å². The molecule has 3 nitrogen and oxygen atoms in total. The van der Waals surface area contributed by atoms with Gasteiger partial charge in [0.25, 0.3) is 0 Å². The molecule has 0 fully saturated rings. The maximum Gasteiger partial charge on any atom is 0.171 e. The molecule has 0 saturated carbocycles. The predicted molar refractivity (Wildman–Crippen MR) is 81.7 cm³/mol. The SMILES string of the molecule is CCc1nc(COc2cccc(C)c2C)sc1C(C)=O. The molecule has 0 aliphatic rings. The number of rotatable bonds is 5. The molecule has 20 heavy (non-hydrogen) atoms. The van der Waals surface area contributed by atoms with E-state index in [1.165, 1.54) is 16.9 Å². The predicted octanol–water partition coefficient (Wildman–Crippen LogP) is 4.10. The molecular weight excluding hydrogens is 270 g/mol. The Kier molecular flexibility index (Phi) is 4.55. The van der Waals surface area contributed by atoms with E-state index in [4.69, 9.17) is 4.74 Å². The van der Waals surface area contributed by atoms with Crippen molar-refractivity contribution in [2.24, 2.45) is 0 Å². The van der Waals surface area contributed by atoms with Gasteiger partial charge in [0.2, 0.25) is 0 Å². The highest BCUT2D eigenvalue weighted by atomic mass is 32.1. The van der Waals surface area contributed by atoms with Crippen LogP contribution in [-0.4, -0.2) is 10.8 Å². The van der Waals surface area contributed by atoms with E-state index in [0.717, 1.165) is 33.3 Å². The van der Waals surface area contributed by atoms with Gasteiger partial charge in [-0.15, -0.1) is 11.3 Å². The van der Waals surface area contributed by atoms with Crippen molar-refractivity contribution in [3.05, 3.63) is 44.9 Å². The van der Waals surface area contributed by atoms with Crippen molar-refractivity contribution >= 4 is 17.1 Å². The van der Waals surface area contributed by atoms with Crippen LogP contribution in [0.25, 0.3) is 0 Å². The highest BCUT2D eigenvalue weighted by Crippen LogP contribution is 2.24. The molecule has 1 aromatic heterocycles. The molecule has 0 spiro atoms. The second-order valence-corrected chi connectivity index (χ2v) is 5.86. The Labute approximate surface area is 123 Å². The van der Waals surface area contributed by atoms with Gasteiger partial charge in [0.05, 0.1) is 10.6 Å². The van der Waals surface area contributed by atoms with Gasteiger partial charge in [0.15, 0.2) is 5.78 Å². The van der Waals surface area contributed by atoms with Gasteiger partial charge in [-0.25, -0.2) is 4.98 Å². The summed E-state index contributed by atoms with van der Waals surface area (Å²) < 4.78 is 5.83. The Morgan fingerprint density at radius 1 is 1.35 bits per heavy atom. The van der Waals surface area contributed by atoms with Crippen molar-refractivity contribution in [3.8, 4) is 5.75 Å². The van der Waals surface area contributed by atoms with E-state index in [9.17, 15) is 4.79 Å². The fourth-order valence-corrected chi connectivity index (χ4v) is 2.96. The van der Waals surface area contributed by atoms with Gasteiger partial charge >= 0.3 is 0 Å². The third-order valence-corrected chi connectivity index (χ3v) is 4.47. The Morgan fingerprint density at radius 3 is 2.70 bits per heavy atom. The number of ether oxygens (including phenoxy) is 1. The molecule has 0 unspecified atom stereocenters. The lowest BCUT2D eigenvalue weighted by Crippen LogP contribution is -1.98. The summed E-state index contributed by atoms with van der Waals surface area (Å²) in [5.41, 5.74) is 3.23. The third-order valence-electron chi connectivity index (χ3n) is 3.30. The molecule has 106 valence electrons. The summed E-state index contributed by atoms with van der Waals surface area (Å²) in [7, 11) is 0. The summed E-state index contributed by atoms with van der Waals surface area (Å²) in [5.74, 6) is 0.958. The fraction of sp³-hybridized carbons (Fsp3) is 0.375. The van der Waals surface area contributed by atoms with Crippen LogP contribution in [0.2, 0.25) is 0 Å². The summed E-state index contributed by atoms with van der Waals surface area (Å²) in [6.07, 6.45) is 0.773. The number of carbonyl (C=O) groups excluding carboxylic acids is 1. The van der Waals surface area contributed by atoms with Crippen LogP contribution in [0.1, 0.15) is 45.3 Å². The molecule has 4 heteroatoms. The number of Topliss-reactive ketones (excluding diaryl/α,β-unsaturated/α-hetero) is 1. The van der Waals surface area contributed by atoms with E-state index >= 15 is 0 Å². The Hall–Kier alpha value is -1.68. The number of benzene rings is 1. The molecule has 0 aliphatic carbocycles. The molecule has 1 aromatic carbocycles. The van der Waals surface area contributed by atoms with Crippen molar-refractivity contribution < 1.29 is 9.53 Å². The van der Waals surface area contributed by atoms with E-state index in [0.29, 0.717) is 6.61 Å². The molecular formula is C16H19NO2S. The second-order valence-electron chi connectivity index (χ2n) is 4.78. The van der Waals surface area contributed by atoms with Crippen molar-refractivity contribution in [2.75, 3.05) is 0 Å². The molecule has 0 radical (unpaired) electrons. The minimum Gasteiger partial charge on any atom is -0.486 e. The average molecular weight is 289 g/mol. The number of aryl methyl sites for hydroxylation is 2. The summed E-state index contributed by atoms with van der Waals surface area (Å²) in [4.78, 5) is 16.8. The minimum atomic E-state index is 0.0809. The number of carbonyl (C=O) groups is 1. The van der Waals surface area contributed by atoms with Crippen molar-refractivity contribution in [2.45, 2.75) is 40.7 Å². The maximum absolute atomic E-state index is 11.5. The monoisotopic (exact) mass is 289 g/mol. The lowest BCUT2D eigenvalue weighted by molar-refractivity contribution is 0.102. The smallest absolute Gasteiger partial charge is 0.171 e. The summed E-state index contributed by atoms with van der Waals surface area (Å²) in [6.45, 7) is 8.12. The van der Waals surface area contributed by atoms with Crippen molar-refractivity contribution in [1.29, 1.82) is 0 Å². The van der Waals surface area contributed by atoms with E-state index in [2.05, 4.69) is 18.0 Å². The van der Waals surface area contributed by atoms with Gasteiger partial charge in [0.1, 0.15) is 17.4 Å². The molecule has 2 aromatic rings. The molecule has 2 rings (SSSR count). The number of aromatic nitrogens is 1. The first-order valence-electron chi connectivity index (χ1n) is 6.71. The number of ketones is 1. The lowest BCUT2D eigenvalue weighted by Gasteiger charge is -2.09. The first kappa shape index (κ1) is 14.7. The Morgan fingerprint density at radius 2 is 2.10 bits per heavy atom. The van der Waals surface area contributed by atoms with Crippen LogP contribution in [0.5, 0.6) is 5.75 Å². The minimum absolute atomic E-state index is 0.0809. The normalized spacial score (nSPS) is 10.6. The van der Waals surface area contributed by atoms with Gasteiger partial charge in [-0.2, -0.15) is 0 Å². The van der Waals surface area contributed by atoms with Crippen LogP contribution in [0.15, 0.2) is 18.2 Å². The quantitative estimate of drug-likeness (QED) is 0.778. The van der Waals surface area contributed by atoms with Crippen LogP contribution < -0.4 is 4.74 Å². The van der Waals surface area contributed by atoms with Crippen LogP contribution in [0, 0.1) is 13.8 Å². The molecule has 0 N–H and O–H groups in total. The molecule has 0 aliphatic heterocycles. The first-order valence-corrected chi connectivity index (χ1v) is 7.53. The maximum atomic E-state index is 11.5. The van der Waals surface area contributed by atoms with E-state index < -0.39 is 0 Å². The van der Waals surface area contributed by atoms with Crippen molar-refractivity contribution in [3.63, 3.8) is 0 Å². The van der Waals surface area contributed by atoms with Gasteiger partial charge in [-0.05, 0) is 37.5 Å². The zero-order valence-corrected chi connectivity index (χ0v) is 13.1.